The highest BCUT2D eigenvalue weighted by atomic mass is 79.9. The molecule has 2 rings (SSSR count). The Hall–Kier alpha value is -1.39. The molecule has 3 nitrogen and oxygen atoms in total. The third-order valence-electron chi connectivity index (χ3n) is 3.04. The molecular weight excluding hydrogens is 328 g/mol. The van der Waals surface area contributed by atoms with E-state index < -0.39 is 0 Å². The van der Waals surface area contributed by atoms with Gasteiger partial charge >= 0.3 is 0 Å². The van der Waals surface area contributed by atoms with Crippen molar-refractivity contribution < 1.29 is 4.74 Å². The van der Waals surface area contributed by atoms with Gasteiger partial charge in [0.1, 0.15) is 11.5 Å². The molecule has 0 amide bonds. The Morgan fingerprint density at radius 3 is 2.67 bits per heavy atom. The molecule has 0 atom stereocenters. The van der Waals surface area contributed by atoms with E-state index in [4.69, 9.17) is 4.74 Å². The van der Waals surface area contributed by atoms with Gasteiger partial charge in [-0.2, -0.15) is 0 Å². The molecule has 0 bridgehead atoms. The van der Waals surface area contributed by atoms with Gasteiger partial charge in [0.15, 0.2) is 0 Å². The van der Waals surface area contributed by atoms with Crippen molar-refractivity contribution in [2.45, 2.75) is 39.8 Å². The maximum Gasteiger partial charge on any atom is 0.135 e. The maximum absolute atomic E-state index is 6.08. The van der Waals surface area contributed by atoms with E-state index in [9.17, 15) is 0 Å². The van der Waals surface area contributed by atoms with E-state index in [1.54, 1.807) is 6.20 Å². The molecule has 1 N–H and O–H groups in total. The van der Waals surface area contributed by atoms with Crippen LogP contribution >= 0.6 is 15.9 Å². The van der Waals surface area contributed by atoms with Crippen LogP contribution in [-0.4, -0.2) is 10.5 Å². The van der Waals surface area contributed by atoms with Crippen LogP contribution in [0.15, 0.2) is 41.1 Å². The summed E-state index contributed by atoms with van der Waals surface area (Å²) in [7, 11) is 0. The fraction of sp³-hybridized carbons (Fsp3) is 0.353. The fourth-order valence-electron chi connectivity index (χ4n) is 1.81. The molecule has 4 heteroatoms. The van der Waals surface area contributed by atoms with Gasteiger partial charge in [-0.25, -0.2) is 0 Å². The Labute approximate surface area is 134 Å². The number of hydrogen-bond donors (Lipinski definition) is 1. The van der Waals surface area contributed by atoms with Gasteiger partial charge in [0, 0.05) is 34.5 Å². The van der Waals surface area contributed by atoms with Crippen LogP contribution < -0.4 is 10.1 Å². The van der Waals surface area contributed by atoms with Crippen LogP contribution in [0.4, 0.5) is 0 Å². The first-order chi connectivity index (χ1) is 9.85. The number of ether oxygens (including phenoxy) is 1. The minimum absolute atomic E-state index is 0.0544. The van der Waals surface area contributed by atoms with E-state index in [1.807, 2.05) is 37.4 Å². The van der Waals surface area contributed by atoms with E-state index in [1.165, 1.54) is 0 Å². The molecule has 0 spiro atoms. The molecule has 0 unspecified atom stereocenters. The molecule has 0 saturated heterocycles. The Morgan fingerprint density at radius 1 is 1.19 bits per heavy atom. The SMILES string of the molecule is Cc1ccc(Br)cc1Oc1ccncc1CNC(C)(C)C. The molecule has 1 aromatic carbocycles. The third-order valence-corrected chi connectivity index (χ3v) is 3.53. The van der Waals surface area contributed by atoms with Gasteiger partial charge in [-0.1, -0.05) is 22.0 Å². The van der Waals surface area contributed by atoms with E-state index in [0.717, 1.165) is 33.6 Å². The van der Waals surface area contributed by atoms with Gasteiger partial charge in [-0.15, -0.1) is 0 Å². The normalized spacial score (nSPS) is 11.5. The van der Waals surface area contributed by atoms with E-state index in [-0.39, 0.29) is 5.54 Å². The van der Waals surface area contributed by atoms with Crippen LogP contribution in [-0.2, 0) is 6.54 Å². The summed E-state index contributed by atoms with van der Waals surface area (Å²) in [4.78, 5) is 4.20. The van der Waals surface area contributed by atoms with Gasteiger partial charge in [0.05, 0.1) is 0 Å². The zero-order chi connectivity index (χ0) is 15.5. The Kier molecular flexibility index (Phi) is 5.01. The molecule has 0 radical (unpaired) electrons. The molecule has 21 heavy (non-hydrogen) atoms. The number of hydrogen-bond acceptors (Lipinski definition) is 3. The number of aryl methyl sites for hydroxylation is 1. The lowest BCUT2D eigenvalue weighted by molar-refractivity contribution is 0.413. The van der Waals surface area contributed by atoms with Crippen LogP contribution in [0.25, 0.3) is 0 Å². The average molecular weight is 349 g/mol. The molecule has 0 aliphatic rings. The standard InChI is InChI=1S/C17H21BrN2O/c1-12-5-6-14(18)9-16(12)21-15-7-8-19-10-13(15)11-20-17(2,3)4/h5-10,20H,11H2,1-4H3. The predicted octanol–water partition coefficient (Wildman–Crippen LogP) is 4.83. The lowest BCUT2D eigenvalue weighted by Gasteiger charge is -2.21. The van der Waals surface area contributed by atoms with Crippen molar-refractivity contribution in [1.29, 1.82) is 0 Å². The van der Waals surface area contributed by atoms with Crippen molar-refractivity contribution in [1.82, 2.24) is 10.3 Å². The second-order valence-electron chi connectivity index (χ2n) is 6.10. The van der Waals surface area contributed by atoms with Crippen molar-refractivity contribution in [3.05, 3.63) is 52.3 Å². The molecular formula is C17H21BrN2O. The Bertz CT molecular complexity index is 620. The van der Waals surface area contributed by atoms with Crippen molar-refractivity contribution in [3.63, 3.8) is 0 Å². The van der Waals surface area contributed by atoms with Gasteiger partial charge < -0.3 is 10.1 Å². The Balaban J connectivity index is 2.22. The van der Waals surface area contributed by atoms with Gasteiger partial charge in [0.2, 0.25) is 0 Å². The summed E-state index contributed by atoms with van der Waals surface area (Å²) in [5, 5.41) is 3.46. The highest BCUT2D eigenvalue weighted by molar-refractivity contribution is 9.10. The monoisotopic (exact) mass is 348 g/mol. The highest BCUT2D eigenvalue weighted by Crippen LogP contribution is 2.30. The highest BCUT2D eigenvalue weighted by Gasteiger charge is 2.12. The number of aromatic nitrogens is 1. The third kappa shape index (κ3) is 4.83. The molecule has 0 aliphatic carbocycles. The van der Waals surface area contributed by atoms with Gasteiger partial charge in [-0.05, 0) is 51.5 Å². The van der Waals surface area contributed by atoms with Gasteiger partial charge in [-0.3, -0.25) is 4.98 Å². The maximum atomic E-state index is 6.08. The fourth-order valence-corrected chi connectivity index (χ4v) is 2.15. The minimum atomic E-state index is 0.0544. The molecule has 1 heterocycles. The molecule has 2 aromatic rings. The molecule has 1 aromatic heterocycles. The number of pyridine rings is 1. The summed E-state index contributed by atoms with van der Waals surface area (Å²) in [6.45, 7) is 9.18. The summed E-state index contributed by atoms with van der Waals surface area (Å²) in [6, 6.07) is 7.93. The smallest absolute Gasteiger partial charge is 0.135 e. The molecule has 112 valence electrons. The number of rotatable bonds is 4. The zero-order valence-electron chi connectivity index (χ0n) is 12.9. The minimum Gasteiger partial charge on any atom is -0.457 e. The van der Waals surface area contributed by atoms with E-state index in [2.05, 4.69) is 47.0 Å². The first-order valence-corrected chi connectivity index (χ1v) is 7.76. The van der Waals surface area contributed by atoms with E-state index >= 15 is 0 Å². The van der Waals surface area contributed by atoms with E-state index in [0.29, 0.717) is 0 Å². The largest absolute Gasteiger partial charge is 0.457 e. The van der Waals surface area contributed by atoms with Crippen molar-refractivity contribution >= 4 is 15.9 Å². The quantitative estimate of drug-likeness (QED) is 0.858. The van der Waals surface area contributed by atoms with Crippen LogP contribution in [0, 0.1) is 6.92 Å². The first-order valence-electron chi connectivity index (χ1n) is 6.97. The summed E-state index contributed by atoms with van der Waals surface area (Å²) >= 11 is 3.48. The summed E-state index contributed by atoms with van der Waals surface area (Å²) in [5.41, 5.74) is 2.20. The molecule has 0 fully saturated rings. The summed E-state index contributed by atoms with van der Waals surface area (Å²) < 4.78 is 7.08. The van der Waals surface area contributed by atoms with Gasteiger partial charge in [0.25, 0.3) is 0 Å². The topological polar surface area (TPSA) is 34.1 Å². The van der Waals surface area contributed by atoms with Crippen LogP contribution in [0.5, 0.6) is 11.5 Å². The van der Waals surface area contributed by atoms with Crippen LogP contribution in [0.1, 0.15) is 31.9 Å². The van der Waals surface area contributed by atoms with Crippen molar-refractivity contribution in [2.24, 2.45) is 0 Å². The van der Waals surface area contributed by atoms with Crippen LogP contribution in [0.3, 0.4) is 0 Å². The number of nitrogens with one attached hydrogen (secondary N) is 1. The second kappa shape index (κ2) is 6.58. The summed E-state index contributed by atoms with van der Waals surface area (Å²) in [6.07, 6.45) is 3.60. The lowest BCUT2D eigenvalue weighted by Crippen LogP contribution is -2.35. The zero-order valence-corrected chi connectivity index (χ0v) is 14.5. The second-order valence-corrected chi connectivity index (χ2v) is 7.01. The number of benzene rings is 1. The first kappa shape index (κ1) is 16.0. The van der Waals surface area contributed by atoms with Crippen LogP contribution in [0.2, 0.25) is 0 Å². The predicted molar refractivity (Wildman–Crippen MR) is 89.8 cm³/mol. The molecule has 0 saturated carbocycles. The van der Waals surface area contributed by atoms with Crippen molar-refractivity contribution in [2.75, 3.05) is 0 Å². The lowest BCUT2D eigenvalue weighted by atomic mass is 10.1. The van der Waals surface area contributed by atoms with Crippen molar-refractivity contribution in [3.8, 4) is 11.5 Å². The molecule has 0 aliphatic heterocycles. The Morgan fingerprint density at radius 2 is 1.95 bits per heavy atom. The average Bonchev–Trinajstić information content (AvgIpc) is 2.41. The number of nitrogens with zero attached hydrogens (tertiary/aromatic N) is 1. The summed E-state index contributed by atoms with van der Waals surface area (Å²) in [5.74, 6) is 1.69. The number of halogens is 1.